The number of carbonyl (C=O) groups is 2. The lowest BCUT2D eigenvalue weighted by atomic mass is 9.84. The number of para-hydroxylation sites is 1. The van der Waals surface area contributed by atoms with Crippen LogP contribution in [0.3, 0.4) is 0 Å². The van der Waals surface area contributed by atoms with Crippen molar-refractivity contribution in [3.05, 3.63) is 30.3 Å². The zero-order valence-electron chi connectivity index (χ0n) is 15.3. The number of rotatable bonds is 5. The minimum Gasteiger partial charge on any atom is -0.493 e. The Labute approximate surface area is 155 Å². The van der Waals surface area contributed by atoms with Gasteiger partial charge in [0.15, 0.2) is 0 Å². The maximum Gasteiger partial charge on any atom is 0.226 e. The lowest BCUT2D eigenvalue weighted by Gasteiger charge is -2.36. The van der Waals surface area contributed by atoms with E-state index in [4.69, 9.17) is 4.74 Å². The minimum absolute atomic E-state index is 0.161. The summed E-state index contributed by atoms with van der Waals surface area (Å²) in [5.41, 5.74) is 0. The second-order valence-electron chi connectivity index (χ2n) is 7.93. The lowest BCUT2D eigenvalue weighted by Crippen LogP contribution is -2.48. The van der Waals surface area contributed by atoms with E-state index in [-0.39, 0.29) is 17.9 Å². The molecule has 5 nitrogen and oxygen atoms in total. The van der Waals surface area contributed by atoms with Gasteiger partial charge in [-0.1, -0.05) is 24.6 Å². The summed E-state index contributed by atoms with van der Waals surface area (Å²) in [5, 5.41) is 0. The highest BCUT2D eigenvalue weighted by molar-refractivity contribution is 5.80. The molecule has 3 heterocycles. The van der Waals surface area contributed by atoms with Crippen molar-refractivity contribution in [3.63, 3.8) is 0 Å². The topological polar surface area (TPSA) is 49.9 Å². The van der Waals surface area contributed by atoms with Crippen molar-refractivity contribution in [2.75, 3.05) is 26.2 Å². The first-order chi connectivity index (χ1) is 12.7. The molecular weight excluding hydrogens is 328 g/mol. The van der Waals surface area contributed by atoms with Crippen molar-refractivity contribution >= 4 is 11.8 Å². The highest BCUT2D eigenvalue weighted by Gasteiger charge is 2.40. The molecule has 5 heteroatoms. The molecule has 1 aromatic rings. The Morgan fingerprint density at radius 3 is 2.54 bits per heavy atom. The second-order valence-corrected chi connectivity index (χ2v) is 7.93. The highest BCUT2D eigenvalue weighted by Crippen LogP contribution is 2.33. The van der Waals surface area contributed by atoms with Gasteiger partial charge in [0.25, 0.3) is 0 Å². The molecule has 2 amide bonds. The summed E-state index contributed by atoms with van der Waals surface area (Å²) in [5.74, 6) is 1.96. The number of ether oxygens (including phenoxy) is 1. The van der Waals surface area contributed by atoms with Gasteiger partial charge in [0.05, 0.1) is 13.0 Å². The Morgan fingerprint density at radius 1 is 1.00 bits per heavy atom. The van der Waals surface area contributed by atoms with E-state index in [1.54, 1.807) is 0 Å². The number of fused-ring (bicyclic) bond motifs is 4. The molecule has 2 bridgehead atoms. The summed E-state index contributed by atoms with van der Waals surface area (Å²) in [6.07, 6.45) is 5.82. The van der Waals surface area contributed by atoms with Crippen molar-refractivity contribution < 1.29 is 14.3 Å². The quantitative estimate of drug-likeness (QED) is 0.815. The normalized spacial score (nSPS) is 25.5. The zero-order chi connectivity index (χ0) is 17.9. The van der Waals surface area contributed by atoms with E-state index in [2.05, 4.69) is 4.90 Å². The van der Waals surface area contributed by atoms with Crippen LogP contribution in [0.1, 0.15) is 38.5 Å². The van der Waals surface area contributed by atoms with Gasteiger partial charge in [-0.3, -0.25) is 9.59 Å². The Hall–Kier alpha value is -2.04. The maximum absolute atomic E-state index is 12.8. The SMILES string of the molecule is O=C(C1CCC1)N1C[C@H]2CC[C@@H](C1)N(C(=O)CCOc1ccccc1)C2. The van der Waals surface area contributed by atoms with Crippen molar-refractivity contribution in [1.29, 1.82) is 0 Å². The number of nitrogens with zero attached hydrogens (tertiary/aromatic N) is 2. The van der Waals surface area contributed by atoms with Crippen molar-refractivity contribution in [2.24, 2.45) is 11.8 Å². The molecule has 5 rings (SSSR count). The van der Waals surface area contributed by atoms with Gasteiger partial charge < -0.3 is 14.5 Å². The van der Waals surface area contributed by atoms with Gasteiger partial charge in [-0.2, -0.15) is 0 Å². The van der Waals surface area contributed by atoms with E-state index in [9.17, 15) is 9.59 Å². The standard InChI is InChI=1S/C21H28N2O3/c24-20(11-12-26-19-7-2-1-3-8-19)23-14-16-9-10-18(23)15-22(13-16)21(25)17-5-4-6-17/h1-3,7-8,16-18H,4-6,9-15H2/t16-,18+/m1/s1. The molecule has 140 valence electrons. The van der Waals surface area contributed by atoms with Gasteiger partial charge in [-0.15, -0.1) is 0 Å². The zero-order valence-corrected chi connectivity index (χ0v) is 15.3. The van der Waals surface area contributed by atoms with Gasteiger partial charge >= 0.3 is 0 Å². The average Bonchev–Trinajstić information content (AvgIpc) is 2.93. The molecular formula is C21H28N2O3. The number of piperidine rings is 1. The average molecular weight is 356 g/mol. The molecule has 0 aromatic heterocycles. The fraction of sp³-hybridized carbons (Fsp3) is 0.619. The molecule has 26 heavy (non-hydrogen) atoms. The van der Waals surface area contributed by atoms with Crippen LogP contribution in [0.15, 0.2) is 30.3 Å². The molecule has 4 aliphatic rings. The summed E-state index contributed by atoms with van der Waals surface area (Å²) in [6.45, 7) is 2.75. The van der Waals surface area contributed by atoms with Crippen LogP contribution >= 0.6 is 0 Å². The predicted molar refractivity (Wildman–Crippen MR) is 98.7 cm³/mol. The highest BCUT2D eigenvalue weighted by atomic mass is 16.5. The van der Waals surface area contributed by atoms with Crippen LogP contribution in [0.5, 0.6) is 5.75 Å². The van der Waals surface area contributed by atoms with Crippen molar-refractivity contribution in [1.82, 2.24) is 9.80 Å². The fourth-order valence-electron chi connectivity index (χ4n) is 4.40. The molecule has 1 saturated carbocycles. The molecule has 2 atom stereocenters. The number of hydrogen-bond acceptors (Lipinski definition) is 3. The first-order valence-corrected chi connectivity index (χ1v) is 9.97. The summed E-state index contributed by atoms with van der Waals surface area (Å²) in [4.78, 5) is 29.5. The van der Waals surface area contributed by atoms with Gasteiger partial charge in [-0.25, -0.2) is 0 Å². The number of amides is 2. The Bertz CT molecular complexity index is 644. The van der Waals surface area contributed by atoms with Crippen LogP contribution in [0.2, 0.25) is 0 Å². The maximum atomic E-state index is 12.8. The third-order valence-electron chi connectivity index (χ3n) is 6.13. The van der Waals surface area contributed by atoms with Crippen LogP contribution in [0.25, 0.3) is 0 Å². The van der Waals surface area contributed by atoms with E-state index >= 15 is 0 Å². The number of benzene rings is 1. The first kappa shape index (κ1) is 17.4. The summed E-state index contributed by atoms with van der Waals surface area (Å²) < 4.78 is 5.68. The van der Waals surface area contributed by atoms with E-state index < -0.39 is 0 Å². The van der Waals surface area contributed by atoms with Crippen LogP contribution in [0, 0.1) is 11.8 Å². The largest absolute Gasteiger partial charge is 0.493 e. The van der Waals surface area contributed by atoms with E-state index in [1.807, 2.05) is 35.2 Å². The monoisotopic (exact) mass is 356 g/mol. The van der Waals surface area contributed by atoms with Gasteiger partial charge in [-0.05, 0) is 43.7 Å². The van der Waals surface area contributed by atoms with E-state index in [0.29, 0.717) is 24.9 Å². The van der Waals surface area contributed by atoms with E-state index in [1.165, 1.54) is 6.42 Å². The van der Waals surface area contributed by atoms with Crippen LogP contribution in [-0.2, 0) is 9.59 Å². The molecule has 4 fully saturated rings. The molecule has 3 aliphatic heterocycles. The lowest BCUT2D eigenvalue weighted by molar-refractivity contribution is -0.140. The molecule has 1 aromatic carbocycles. The summed E-state index contributed by atoms with van der Waals surface area (Å²) in [7, 11) is 0. The molecule has 1 aliphatic carbocycles. The first-order valence-electron chi connectivity index (χ1n) is 9.97. The predicted octanol–water partition coefficient (Wildman–Crippen LogP) is 2.71. The fourth-order valence-corrected chi connectivity index (χ4v) is 4.40. The minimum atomic E-state index is 0.161. The van der Waals surface area contributed by atoms with Gasteiger partial charge in [0, 0.05) is 31.6 Å². The third-order valence-corrected chi connectivity index (χ3v) is 6.13. The smallest absolute Gasteiger partial charge is 0.226 e. The second kappa shape index (κ2) is 7.68. The molecule has 0 radical (unpaired) electrons. The van der Waals surface area contributed by atoms with Crippen LogP contribution in [0.4, 0.5) is 0 Å². The molecule has 0 unspecified atom stereocenters. The van der Waals surface area contributed by atoms with Gasteiger partial charge in [0.1, 0.15) is 5.75 Å². The number of carbonyl (C=O) groups excluding carboxylic acids is 2. The van der Waals surface area contributed by atoms with Crippen LogP contribution < -0.4 is 4.74 Å². The molecule has 0 N–H and O–H groups in total. The Kier molecular flexibility index (Phi) is 5.14. The van der Waals surface area contributed by atoms with Crippen molar-refractivity contribution in [3.8, 4) is 5.75 Å². The van der Waals surface area contributed by atoms with E-state index in [0.717, 1.165) is 51.1 Å². The molecule has 3 saturated heterocycles. The van der Waals surface area contributed by atoms with Crippen LogP contribution in [-0.4, -0.2) is 53.9 Å². The Morgan fingerprint density at radius 2 is 1.81 bits per heavy atom. The summed E-state index contributed by atoms with van der Waals surface area (Å²) >= 11 is 0. The third kappa shape index (κ3) is 3.71. The Balaban J connectivity index is 1.32. The summed E-state index contributed by atoms with van der Waals surface area (Å²) in [6, 6.07) is 9.80. The number of hydrogen-bond donors (Lipinski definition) is 0. The molecule has 0 spiro atoms. The van der Waals surface area contributed by atoms with Crippen molar-refractivity contribution in [2.45, 2.75) is 44.6 Å². The van der Waals surface area contributed by atoms with Gasteiger partial charge in [0.2, 0.25) is 11.8 Å².